The summed E-state index contributed by atoms with van der Waals surface area (Å²) in [6.07, 6.45) is 3.70. The molecule has 0 aliphatic heterocycles. The Hall–Kier alpha value is -2.81. The predicted molar refractivity (Wildman–Crippen MR) is 85.3 cm³/mol. The Morgan fingerprint density at radius 2 is 1.81 bits per heavy atom. The number of rotatable bonds is 3. The van der Waals surface area contributed by atoms with Gasteiger partial charge in [0, 0.05) is 10.9 Å². The van der Waals surface area contributed by atoms with E-state index in [1.165, 1.54) is 7.11 Å². The number of para-hydroxylation sites is 2. The highest BCUT2D eigenvalue weighted by Gasteiger charge is 2.04. The molecule has 0 bridgehead atoms. The highest BCUT2D eigenvalue weighted by atomic mass is 16.5. The minimum absolute atomic E-state index is 0.136. The van der Waals surface area contributed by atoms with E-state index in [-0.39, 0.29) is 5.75 Å². The van der Waals surface area contributed by atoms with Gasteiger partial charge in [0.15, 0.2) is 11.5 Å². The molecule has 1 N–H and O–H groups in total. The van der Waals surface area contributed by atoms with Crippen molar-refractivity contribution in [1.29, 1.82) is 0 Å². The summed E-state index contributed by atoms with van der Waals surface area (Å²) in [6.45, 7) is 0. The molecule has 0 saturated heterocycles. The van der Waals surface area contributed by atoms with Gasteiger partial charge in [0.1, 0.15) is 0 Å². The Labute approximate surface area is 123 Å². The number of methoxy groups -OCH3 is 1. The number of aromatic hydroxyl groups is 1. The summed E-state index contributed by atoms with van der Waals surface area (Å²) in [7, 11) is 1.54. The lowest BCUT2D eigenvalue weighted by molar-refractivity contribution is 0.373. The second-order valence-electron chi connectivity index (χ2n) is 4.66. The zero-order valence-electron chi connectivity index (χ0n) is 11.7. The molecule has 0 aliphatic carbocycles. The number of hydrogen-bond donors (Lipinski definition) is 1. The van der Waals surface area contributed by atoms with Crippen molar-refractivity contribution in [3.63, 3.8) is 0 Å². The minimum atomic E-state index is 0.136. The Bertz CT molecular complexity index is 809. The smallest absolute Gasteiger partial charge is 0.165 e. The summed E-state index contributed by atoms with van der Waals surface area (Å²) < 4.78 is 5.10. The fourth-order valence-electron chi connectivity index (χ4n) is 2.19. The van der Waals surface area contributed by atoms with Crippen LogP contribution in [0.5, 0.6) is 11.5 Å². The van der Waals surface area contributed by atoms with Crippen LogP contribution in [0.4, 0.5) is 0 Å². The van der Waals surface area contributed by atoms with Gasteiger partial charge in [-0.15, -0.1) is 0 Å². The van der Waals surface area contributed by atoms with Crippen LogP contribution in [-0.4, -0.2) is 17.2 Å². The molecule has 0 atom stereocenters. The maximum atomic E-state index is 10.0. The zero-order valence-corrected chi connectivity index (χ0v) is 11.7. The van der Waals surface area contributed by atoms with Gasteiger partial charge in [0.25, 0.3) is 0 Å². The fourth-order valence-corrected chi connectivity index (χ4v) is 2.19. The number of fused-ring (bicyclic) bond motifs is 1. The van der Waals surface area contributed by atoms with Crippen molar-refractivity contribution in [1.82, 2.24) is 4.98 Å². The highest BCUT2D eigenvalue weighted by Crippen LogP contribution is 2.30. The summed E-state index contributed by atoms with van der Waals surface area (Å²) in [4.78, 5) is 4.56. The van der Waals surface area contributed by atoms with Crippen molar-refractivity contribution >= 4 is 23.1 Å². The molecule has 3 rings (SSSR count). The van der Waals surface area contributed by atoms with E-state index in [0.717, 1.165) is 16.6 Å². The molecule has 3 nitrogen and oxygen atoms in total. The van der Waals surface area contributed by atoms with Crippen LogP contribution in [0.15, 0.2) is 54.6 Å². The maximum Gasteiger partial charge on any atom is 0.165 e. The van der Waals surface area contributed by atoms with Gasteiger partial charge in [-0.2, -0.15) is 0 Å². The molecular weight excluding hydrogens is 262 g/mol. The average molecular weight is 277 g/mol. The van der Waals surface area contributed by atoms with Crippen molar-refractivity contribution < 1.29 is 9.84 Å². The van der Waals surface area contributed by atoms with Crippen molar-refractivity contribution in [2.75, 3.05) is 7.11 Å². The van der Waals surface area contributed by atoms with Gasteiger partial charge >= 0.3 is 0 Å². The number of pyridine rings is 1. The van der Waals surface area contributed by atoms with Gasteiger partial charge in [-0.1, -0.05) is 36.4 Å². The monoisotopic (exact) mass is 277 g/mol. The van der Waals surface area contributed by atoms with E-state index in [1.54, 1.807) is 6.07 Å². The van der Waals surface area contributed by atoms with E-state index >= 15 is 0 Å². The van der Waals surface area contributed by atoms with Gasteiger partial charge < -0.3 is 9.84 Å². The molecule has 0 radical (unpaired) electrons. The lowest BCUT2D eigenvalue weighted by Crippen LogP contribution is -1.85. The number of hydrogen-bond acceptors (Lipinski definition) is 3. The number of phenols is 1. The first-order valence-electron chi connectivity index (χ1n) is 6.68. The van der Waals surface area contributed by atoms with Crippen LogP contribution < -0.4 is 4.74 Å². The number of aromatic nitrogens is 1. The summed E-state index contributed by atoms with van der Waals surface area (Å²) in [5.74, 6) is 0.598. The summed E-state index contributed by atoms with van der Waals surface area (Å²) >= 11 is 0. The Balaban J connectivity index is 1.94. The normalized spacial score (nSPS) is 11.1. The first kappa shape index (κ1) is 13.2. The number of ether oxygens (including phenoxy) is 1. The molecule has 0 saturated carbocycles. The second-order valence-corrected chi connectivity index (χ2v) is 4.66. The van der Waals surface area contributed by atoms with E-state index in [1.807, 2.05) is 60.7 Å². The third-order valence-electron chi connectivity index (χ3n) is 3.30. The van der Waals surface area contributed by atoms with Crippen LogP contribution in [0, 0.1) is 0 Å². The predicted octanol–water partition coefficient (Wildman–Crippen LogP) is 4.12. The van der Waals surface area contributed by atoms with Gasteiger partial charge in [0.2, 0.25) is 0 Å². The Morgan fingerprint density at radius 3 is 2.67 bits per heavy atom. The van der Waals surface area contributed by atoms with E-state index in [9.17, 15) is 5.11 Å². The van der Waals surface area contributed by atoms with Crippen LogP contribution in [0.2, 0.25) is 0 Å². The SMILES string of the molecule is COc1cccc(/C=C/c2ccc3ccccc3n2)c1O. The topological polar surface area (TPSA) is 42.4 Å². The largest absolute Gasteiger partial charge is 0.504 e. The lowest BCUT2D eigenvalue weighted by atomic mass is 10.1. The van der Waals surface area contributed by atoms with Crippen LogP contribution in [-0.2, 0) is 0 Å². The first-order chi connectivity index (χ1) is 10.3. The van der Waals surface area contributed by atoms with E-state index in [4.69, 9.17) is 4.74 Å². The summed E-state index contributed by atoms with van der Waals surface area (Å²) in [5, 5.41) is 11.2. The average Bonchev–Trinajstić information content (AvgIpc) is 2.54. The third-order valence-corrected chi connectivity index (χ3v) is 3.30. The molecule has 2 aromatic carbocycles. The van der Waals surface area contributed by atoms with Gasteiger partial charge in [0.05, 0.1) is 18.3 Å². The lowest BCUT2D eigenvalue weighted by Gasteiger charge is -2.05. The van der Waals surface area contributed by atoms with Crippen molar-refractivity contribution in [3.8, 4) is 11.5 Å². The molecule has 0 spiro atoms. The van der Waals surface area contributed by atoms with Crippen LogP contribution in [0.1, 0.15) is 11.3 Å². The molecular formula is C18H15NO2. The molecule has 0 fully saturated rings. The number of benzene rings is 2. The molecule has 3 aromatic rings. The summed E-state index contributed by atoms with van der Waals surface area (Å²) in [6, 6.07) is 17.4. The summed E-state index contributed by atoms with van der Waals surface area (Å²) in [5.41, 5.74) is 2.50. The molecule has 0 amide bonds. The standard InChI is InChI=1S/C18H15NO2/c1-21-17-8-4-6-14(18(17)20)10-12-15-11-9-13-5-2-3-7-16(13)19-15/h2-12,20H,1H3/b12-10+. The van der Waals surface area contributed by atoms with Crippen molar-refractivity contribution in [3.05, 3.63) is 65.9 Å². The van der Waals surface area contributed by atoms with Gasteiger partial charge in [-0.3, -0.25) is 0 Å². The van der Waals surface area contributed by atoms with Gasteiger partial charge in [-0.05, 0) is 30.4 Å². The quantitative estimate of drug-likeness (QED) is 0.783. The first-order valence-corrected chi connectivity index (χ1v) is 6.68. The van der Waals surface area contributed by atoms with Crippen molar-refractivity contribution in [2.24, 2.45) is 0 Å². The van der Waals surface area contributed by atoms with E-state index in [0.29, 0.717) is 11.3 Å². The minimum Gasteiger partial charge on any atom is -0.504 e. The van der Waals surface area contributed by atoms with Crippen LogP contribution >= 0.6 is 0 Å². The van der Waals surface area contributed by atoms with Crippen LogP contribution in [0.25, 0.3) is 23.1 Å². The third kappa shape index (κ3) is 2.72. The molecule has 1 heterocycles. The Kier molecular flexibility index (Phi) is 3.56. The van der Waals surface area contributed by atoms with Crippen LogP contribution in [0.3, 0.4) is 0 Å². The second kappa shape index (κ2) is 5.67. The fraction of sp³-hybridized carbons (Fsp3) is 0.0556. The highest BCUT2D eigenvalue weighted by molar-refractivity contribution is 5.81. The zero-order chi connectivity index (χ0) is 14.7. The Morgan fingerprint density at radius 1 is 0.952 bits per heavy atom. The molecule has 0 aliphatic rings. The molecule has 104 valence electrons. The molecule has 3 heteroatoms. The molecule has 1 aromatic heterocycles. The van der Waals surface area contributed by atoms with Crippen molar-refractivity contribution in [2.45, 2.75) is 0 Å². The number of nitrogens with zero attached hydrogens (tertiary/aromatic N) is 1. The molecule has 21 heavy (non-hydrogen) atoms. The van der Waals surface area contributed by atoms with E-state index < -0.39 is 0 Å². The van der Waals surface area contributed by atoms with E-state index in [2.05, 4.69) is 4.98 Å². The maximum absolute atomic E-state index is 10.0. The number of phenolic OH excluding ortho intramolecular Hbond substituents is 1. The van der Waals surface area contributed by atoms with Gasteiger partial charge in [-0.25, -0.2) is 4.98 Å². The molecule has 0 unspecified atom stereocenters.